The lowest BCUT2D eigenvalue weighted by molar-refractivity contribution is -0.385. The van der Waals surface area contributed by atoms with E-state index < -0.39 is 15.9 Å². The minimum absolute atomic E-state index is 0.0604. The van der Waals surface area contributed by atoms with Crippen LogP contribution in [0, 0.1) is 17.0 Å². The van der Waals surface area contributed by atoms with E-state index in [0.29, 0.717) is 0 Å². The molecule has 5 nitrogen and oxygen atoms in total. The van der Waals surface area contributed by atoms with Crippen LogP contribution in [0.5, 0.6) is 0 Å². The van der Waals surface area contributed by atoms with Gasteiger partial charge in [0.2, 0.25) is 0 Å². The van der Waals surface area contributed by atoms with E-state index in [2.05, 4.69) is 4.72 Å². The maximum atomic E-state index is 12.0. The van der Waals surface area contributed by atoms with Crippen LogP contribution in [0.15, 0.2) is 18.2 Å². The average molecular weight is 284 g/mol. The average Bonchev–Trinajstić information content (AvgIpc) is 2.26. The number of benzene rings is 1. The Morgan fingerprint density at radius 1 is 1.32 bits per heavy atom. The Bertz CT molecular complexity index is 509. The quantitative estimate of drug-likeness (QED) is 0.682. The highest BCUT2D eigenvalue weighted by Crippen LogP contribution is 2.23. The standard InChI is InChI=1S/C13H20N2O3S/c1-9-6-11(8-12(7-9)15(16)17)10(2)14-19(18)13(3,4)5/h6-8,10,14H,1-5H3/t10-,19+/m1/s1. The van der Waals surface area contributed by atoms with E-state index in [0.717, 1.165) is 11.1 Å². The van der Waals surface area contributed by atoms with Gasteiger partial charge in [0.25, 0.3) is 5.69 Å². The monoisotopic (exact) mass is 284 g/mol. The van der Waals surface area contributed by atoms with Gasteiger partial charge in [-0.2, -0.15) is 0 Å². The smallest absolute Gasteiger partial charge is 0.258 e. The van der Waals surface area contributed by atoms with Gasteiger partial charge in [-0.1, -0.05) is 6.07 Å². The fraction of sp³-hybridized carbons (Fsp3) is 0.538. The van der Waals surface area contributed by atoms with Crippen molar-refractivity contribution in [3.05, 3.63) is 39.4 Å². The number of non-ortho nitro benzene ring substituents is 1. The fourth-order valence-corrected chi connectivity index (χ4v) is 2.36. The van der Waals surface area contributed by atoms with E-state index in [-0.39, 0.29) is 16.5 Å². The van der Waals surface area contributed by atoms with Gasteiger partial charge in [-0.15, -0.1) is 0 Å². The van der Waals surface area contributed by atoms with Crippen molar-refractivity contribution in [2.24, 2.45) is 0 Å². The van der Waals surface area contributed by atoms with Gasteiger partial charge in [-0.3, -0.25) is 10.1 Å². The molecule has 2 atom stereocenters. The minimum Gasteiger partial charge on any atom is -0.258 e. The number of hydrogen-bond donors (Lipinski definition) is 1. The molecule has 0 fully saturated rings. The molecule has 6 heteroatoms. The van der Waals surface area contributed by atoms with E-state index in [9.17, 15) is 14.3 Å². The number of nitro benzene ring substituents is 1. The Balaban J connectivity index is 2.97. The van der Waals surface area contributed by atoms with Crippen LogP contribution in [0.2, 0.25) is 0 Å². The number of rotatable bonds is 4. The van der Waals surface area contributed by atoms with Crippen molar-refractivity contribution < 1.29 is 9.13 Å². The second-order valence-corrected chi connectivity index (χ2v) is 7.58. The lowest BCUT2D eigenvalue weighted by atomic mass is 10.1. The van der Waals surface area contributed by atoms with Crippen molar-refractivity contribution in [3.8, 4) is 0 Å². The Morgan fingerprint density at radius 3 is 2.37 bits per heavy atom. The van der Waals surface area contributed by atoms with Crippen LogP contribution in [0.4, 0.5) is 5.69 Å². The Labute approximate surface area is 116 Å². The van der Waals surface area contributed by atoms with Crippen LogP contribution in [0.3, 0.4) is 0 Å². The summed E-state index contributed by atoms with van der Waals surface area (Å²) < 4.78 is 14.6. The molecule has 0 aromatic heterocycles. The predicted molar refractivity (Wildman–Crippen MR) is 77.3 cm³/mol. The van der Waals surface area contributed by atoms with Gasteiger partial charge < -0.3 is 0 Å². The second kappa shape index (κ2) is 5.79. The summed E-state index contributed by atoms with van der Waals surface area (Å²) in [6.45, 7) is 9.29. The molecule has 0 saturated heterocycles. The first-order valence-electron chi connectivity index (χ1n) is 6.05. The number of nitrogens with one attached hydrogen (secondary N) is 1. The van der Waals surface area contributed by atoms with Crippen molar-refractivity contribution in [1.29, 1.82) is 0 Å². The molecule has 0 spiro atoms. The van der Waals surface area contributed by atoms with Crippen molar-refractivity contribution in [1.82, 2.24) is 4.72 Å². The predicted octanol–water partition coefficient (Wildman–Crippen LogP) is 3.02. The molecule has 0 radical (unpaired) electrons. The van der Waals surface area contributed by atoms with E-state index in [1.54, 1.807) is 0 Å². The van der Waals surface area contributed by atoms with Gasteiger partial charge in [-0.05, 0) is 45.7 Å². The zero-order chi connectivity index (χ0) is 14.8. The molecule has 0 bridgehead atoms. The van der Waals surface area contributed by atoms with Gasteiger partial charge in [0.1, 0.15) is 0 Å². The normalized spacial score (nSPS) is 15.0. The van der Waals surface area contributed by atoms with Gasteiger partial charge >= 0.3 is 0 Å². The van der Waals surface area contributed by atoms with Crippen LogP contribution in [0.1, 0.15) is 44.9 Å². The molecule has 1 aromatic rings. The SMILES string of the molecule is Cc1cc([C@@H](C)N[S@@](=O)C(C)(C)C)cc([N+](=O)[O-])c1. The number of nitrogens with zero attached hydrogens (tertiary/aromatic N) is 1. The first-order chi connectivity index (χ1) is 8.61. The molecule has 1 rings (SSSR count). The van der Waals surface area contributed by atoms with Crippen LogP contribution < -0.4 is 4.72 Å². The number of nitro groups is 1. The highest BCUT2D eigenvalue weighted by molar-refractivity contribution is 7.84. The van der Waals surface area contributed by atoms with Gasteiger partial charge in [0.05, 0.1) is 20.7 Å². The molecule has 0 saturated carbocycles. The highest BCUT2D eigenvalue weighted by atomic mass is 32.2. The first-order valence-corrected chi connectivity index (χ1v) is 7.20. The molecular weight excluding hydrogens is 264 g/mol. The third kappa shape index (κ3) is 4.40. The topological polar surface area (TPSA) is 72.2 Å². The Hall–Kier alpha value is -1.27. The van der Waals surface area contributed by atoms with Crippen LogP contribution in [-0.4, -0.2) is 13.9 Å². The molecular formula is C13H20N2O3S. The maximum Gasteiger partial charge on any atom is 0.270 e. The summed E-state index contributed by atoms with van der Waals surface area (Å²) in [4.78, 5) is 10.4. The molecule has 0 heterocycles. The van der Waals surface area contributed by atoms with Crippen LogP contribution in [0.25, 0.3) is 0 Å². The van der Waals surface area contributed by atoms with E-state index in [1.165, 1.54) is 12.1 Å². The van der Waals surface area contributed by atoms with Crippen LogP contribution in [-0.2, 0) is 11.0 Å². The minimum atomic E-state index is -1.21. The molecule has 0 aliphatic rings. The third-order valence-corrected chi connectivity index (χ3v) is 4.32. The fourth-order valence-electron chi connectivity index (χ4n) is 1.55. The summed E-state index contributed by atoms with van der Waals surface area (Å²) in [5.41, 5.74) is 1.65. The summed E-state index contributed by atoms with van der Waals surface area (Å²) in [6.07, 6.45) is 0. The van der Waals surface area contributed by atoms with E-state index in [4.69, 9.17) is 0 Å². The summed E-state index contributed by atoms with van der Waals surface area (Å²) in [7, 11) is -1.21. The lowest BCUT2D eigenvalue weighted by Crippen LogP contribution is -2.34. The van der Waals surface area contributed by atoms with Crippen molar-refractivity contribution >= 4 is 16.7 Å². The van der Waals surface area contributed by atoms with Gasteiger partial charge in [0, 0.05) is 18.2 Å². The van der Waals surface area contributed by atoms with Crippen LogP contribution >= 0.6 is 0 Å². The summed E-state index contributed by atoms with van der Waals surface area (Å²) in [6, 6.07) is 4.70. The lowest BCUT2D eigenvalue weighted by Gasteiger charge is -2.22. The molecule has 1 aromatic carbocycles. The van der Waals surface area contributed by atoms with Gasteiger partial charge in [-0.25, -0.2) is 8.93 Å². The third-order valence-electron chi connectivity index (χ3n) is 2.64. The van der Waals surface area contributed by atoms with E-state index >= 15 is 0 Å². The second-order valence-electron chi connectivity index (χ2n) is 5.58. The first kappa shape index (κ1) is 15.8. The van der Waals surface area contributed by atoms with Crippen molar-refractivity contribution in [2.45, 2.75) is 45.4 Å². The van der Waals surface area contributed by atoms with Crippen molar-refractivity contribution in [3.63, 3.8) is 0 Å². The summed E-state index contributed by atoms with van der Waals surface area (Å²) in [5.74, 6) is 0. The number of aryl methyl sites for hydroxylation is 1. The summed E-state index contributed by atoms with van der Waals surface area (Å²) in [5, 5.41) is 10.8. The molecule has 19 heavy (non-hydrogen) atoms. The van der Waals surface area contributed by atoms with E-state index in [1.807, 2.05) is 40.7 Å². The van der Waals surface area contributed by atoms with Crippen molar-refractivity contribution in [2.75, 3.05) is 0 Å². The Morgan fingerprint density at radius 2 is 1.89 bits per heavy atom. The molecule has 0 amide bonds. The Kier molecular flexibility index (Phi) is 4.81. The number of hydrogen-bond acceptors (Lipinski definition) is 3. The highest BCUT2D eigenvalue weighted by Gasteiger charge is 2.22. The summed E-state index contributed by atoms with van der Waals surface area (Å²) >= 11 is 0. The zero-order valence-corrected chi connectivity index (χ0v) is 12.7. The molecule has 1 N–H and O–H groups in total. The molecule has 106 valence electrons. The molecule has 0 unspecified atom stereocenters. The molecule has 0 aliphatic heterocycles. The molecule has 0 aliphatic carbocycles. The van der Waals surface area contributed by atoms with Gasteiger partial charge in [0.15, 0.2) is 0 Å². The largest absolute Gasteiger partial charge is 0.270 e. The zero-order valence-electron chi connectivity index (χ0n) is 11.9. The maximum absolute atomic E-state index is 12.0.